The van der Waals surface area contributed by atoms with Gasteiger partial charge in [-0.15, -0.1) is 0 Å². The summed E-state index contributed by atoms with van der Waals surface area (Å²) in [7, 11) is 0. The Morgan fingerprint density at radius 1 is 1.11 bits per heavy atom. The highest BCUT2D eigenvalue weighted by Gasteiger charge is 2.13. The molecule has 92 valence electrons. The van der Waals surface area contributed by atoms with Crippen molar-refractivity contribution in [1.29, 1.82) is 0 Å². The Labute approximate surface area is 112 Å². The van der Waals surface area contributed by atoms with Crippen LogP contribution in [0.15, 0.2) is 46.2 Å². The van der Waals surface area contributed by atoms with Gasteiger partial charge in [0.15, 0.2) is 0 Å². The minimum atomic E-state index is -0.0758. The molecular weight excluding hydrogens is 258 g/mol. The van der Waals surface area contributed by atoms with Crippen LogP contribution in [0.2, 0.25) is 0 Å². The average molecular weight is 267 g/mol. The van der Waals surface area contributed by atoms with Crippen LogP contribution in [0, 0.1) is 0 Å². The first-order chi connectivity index (χ1) is 9.29. The van der Waals surface area contributed by atoms with Crippen LogP contribution in [0.3, 0.4) is 0 Å². The lowest BCUT2D eigenvalue weighted by Gasteiger charge is -2.07. The van der Waals surface area contributed by atoms with E-state index in [4.69, 9.17) is 0 Å². The first-order valence-electron chi connectivity index (χ1n) is 5.86. The molecule has 4 nitrogen and oxygen atoms in total. The van der Waals surface area contributed by atoms with Crippen molar-refractivity contribution in [2.75, 3.05) is 5.32 Å². The van der Waals surface area contributed by atoms with Crippen molar-refractivity contribution in [3.63, 3.8) is 0 Å². The van der Waals surface area contributed by atoms with Crippen LogP contribution < -0.4 is 10.2 Å². The number of nitrogens with zero attached hydrogens (tertiary/aromatic N) is 1. The highest BCUT2D eigenvalue weighted by Crippen LogP contribution is 2.35. The fraction of sp³-hybridized carbons (Fsp3) is 0. The second-order valence-electron chi connectivity index (χ2n) is 4.35. The topological polar surface area (TPSA) is 57.2 Å². The number of hydrogen-bond acceptors (Lipinski definition) is 4. The number of aromatic nitrogens is 1. The Hall–Kier alpha value is -2.40. The minimum absolute atomic E-state index is 0.0758. The monoisotopic (exact) mass is 267 g/mol. The van der Waals surface area contributed by atoms with Crippen molar-refractivity contribution in [3.05, 3.63) is 50.9 Å². The largest absolute Gasteiger partial charge is 0.339 e. The van der Waals surface area contributed by atoms with E-state index < -0.39 is 0 Å². The van der Waals surface area contributed by atoms with Crippen molar-refractivity contribution >= 4 is 45.5 Å². The number of benzene rings is 2. The van der Waals surface area contributed by atoms with Gasteiger partial charge in [-0.25, -0.2) is 0 Å². The first kappa shape index (κ1) is 10.5. The van der Waals surface area contributed by atoms with Gasteiger partial charge in [-0.1, -0.05) is 35.6 Å². The number of aliphatic imine (C=N–C) groups is 1. The molecule has 0 bridgehead atoms. The van der Waals surface area contributed by atoms with Crippen molar-refractivity contribution in [1.82, 2.24) is 4.98 Å². The number of fused-ring (bicyclic) bond motifs is 3. The Kier molecular flexibility index (Phi) is 2.10. The summed E-state index contributed by atoms with van der Waals surface area (Å²) in [6.45, 7) is 0. The number of hydrogen-bond donors (Lipinski definition) is 2. The van der Waals surface area contributed by atoms with Gasteiger partial charge in [-0.3, -0.25) is 14.8 Å². The molecule has 4 rings (SSSR count). The number of nitrogens with one attached hydrogen (secondary N) is 2. The lowest BCUT2D eigenvalue weighted by atomic mass is 10.1. The molecule has 0 spiro atoms. The van der Waals surface area contributed by atoms with E-state index in [1.165, 1.54) is 0 Å². The van der Waals surface area contributed by atoms with E-state index in [1.54, 1.807) is 6.21 Å². The molecule has 1 aliphatic heterocycles. The van der Waals surface area contributed by atoms with E-state index in [-0.39, 0.29) is 4.87 Å². The Bertz CT molecular complexity index is 876. The lowest BCUT2D eigenvalue weighted by molar-refractivity contribution is 1.32. The van der Waals surface area contributed by atoms with Gasteiger partial charge in [0.25, 0.3) is 0 Å². The molecule has 2 heterocycles. The van der Waals surface area contributed by atoms with Crippen LogP contribution in [0.25, 0.3) is 10.8 Å². The third-order valence-corrected chi connectivity index (χ3v) is 3.94. The number of aromatic amines is 1. The van der Waals surface area contributed by atoms with Crippen molar-refractivity contribution in [3.8, 4) is 0 Å². The van der Waals surface area contributed by atoms with Gasteiger partial charge in [0, 0.05) is 6.21 Å². The van der Waals surface area contributed by atoms with E-state index in [9.17, 15) is 4.79 Å². The zero-order valence-electron chi connectivity index (χ0n) is 9.81. The second-order valence-corrected chi connectivity index (χ2v) is 5.37. The molecule has 0 saturated carbocycles. The molecule has 19 heavy (non-hydrogen) atoms. The molecule has 0 unspecified atom stereocenters. The standard InChI is InChI=1S/C14H9N3OS/c18-14-17-13-12(19-14)7-15-10-5-8-3-1-2-4-9(8)6-11(10)16-13/h1-7,16H,(H,17,18). The third kappa shape index (κ3) is 1.67. The fourth-order valence-corrected chi connectivity index (χ4v) is 2.88. The summed E-state index contributed by atoms with van der Waals surface area (Å²) in [4.78, 5) is 19.3. The smallest absolute Gasteiger partial charge is 0.306 e. The highest BCUT2D eigenvalue weighted by atomic mass is 32.1. The number of H-pyrrole nitrogens is 1. The van der Waals surface area contributed by atoms with Crippen molar-refractivity contribution < 1.29 is 0 Å². The van der Waals surface area contributed by atoms with Crippen LogP contribution >= 0.6 is 11.3 Å². The van der Waals surface area contributed by atoms with Crippen LogP contribution in [-0.2, 0) is 0 Å². The first-order valence-corrected chi connectivity index (χ1v) is 6.68. The lowest BCUT2D eigenvalue weighted by Crippen LogP contribution is -1.97. The molecule has 1 aromatic heterocycles. The summed E-state index contributed by atoms with van der Waals surface area (Å²) < 4.78 is 0. The van der Waals surface area contributed by atoms with Gasteiger partial charge in [0.2, 0.25) is 0 Å². The molecule has 0 saturated heterocycles. The van der Waals surface area contributed by atoms with Gasteiger partial charge < -0.3 is 5.32 Å². The number of anilines is 2. The number of rotatable bonds is 0. The zero-order chi connectivity index (χ0) is 12.8. The predicted molar refractivity (Wildman–Crippen MR) is 79.4 cm³/mol. The molecule has 2 N–H and O–H groups in total. The molecule has 3 aromatic rings. The fourth-order valence-electron chi connectivity index (χ4n) is 2.22. The van der Waals surface area contributed by atoms with Crippen LogP contribution in [0.4, 0.5) is 17.2 Å². The summed E-state index contributed by atoms with van der Waals surface area (Å²) in [5.74, 6) is 0.716. The van der Waals surface area contributed by atoms with E-state index in [1.807, 2.05) is 24.3 Å². The summed E-state index contributed by atoms with van der Waals surface area (Å²) in [6.07, 6.45) is 1.73. The quantitative estimate of drug-likeness (QED) is 0.513. The molecule has 0 aliphatic carbocycles. The van der Waals surface area contributed by atoms with Crippen LogP contribution in [0.5, 0.6) is 0 Å². The highest BCUT2D eigenvalue weighted by molar-refractivity contribution is 7.11. The third-order valence-electron chi connectivity index (χ3n) is 3.12. The summed E-state index contributed by atoms with van der Waals surface area (Å²) in [5.41, 5.74) is 1.78. The van der Waals surface area contributed by atoms with Gasteiger partial charge in [-0.2, -0.15) is 0 Å². The number of thiazole rings is 1. The van der Waals surface area contributed by atoms with Gasteiger partial charge in [0.05, 0.1) is 16.3 Å². The van der Waals surface area contributed by atoms with Gasteiger partial charge >= 0.3 is 4.87 Å². The van der Waals surface area contributed by atoms with E-state index >= 15 is 0 Å². The normalized spacial score (nSPS) is 12.6. The van der Waals surface area contributed by atoms with Crippen LogP contribution in [0.1, 0.15) is 4.88 Å². The van der Waals surface area contributed by atoms with Crippen molar-refractivity contribution in [2.45, 2.75) is 0 Å². The summed E-state index contributed by atoms with van der Waals surface area (Å²) in [5, 5.41) is 5.54. The maximum absolute atomic E-state index is 11.4. The maximum atomic E-state index is 11.4. The molecule has 0 radical (unpaired) electrons. The molecule has 5 heteroatoms. The van der Waals surface area contributed by atoms with E-state index in [0.717, 1.165) is 38.4 Å². The van der Waals surface area contributed by atoms with E-state index in [0.29, 0.717) is 5.82 Å². The Balaban J connectivity index is 1.97. The SMILES string of the molecule is O=c1[nH]c2c(s1)C=Nc1cc3ccccc3cc1N2. The summed E-state index contributed by atoms with van der Waals surface area (Å²) in [6, 6.07) is 12.2. The van der Waals surface area contributed by atoms with E-state index in [2.05, 4.69) is 27.4 Å². The molecule has 0 atom stereocenters. The van der Waals surface area contributed by atoms with Crippen LogP contribution in [-0.4, -0.2) is 11.2 Å². The van der Waals surface area contributed by atoms with Crippen molar-refractivity contribution in [2.24, 2.45) is 4.99 Å². The zero-order valence-corrected chi connectivity index (χ0v) is 10.6. The Morgan fingerprint density at radius 3 is 2.74 bits per heavy atom. The van der Waals surface area contributed by atoms with Gasteiger partial charge in [-0.05, 0) is 22.9 Å². The average Bonchev–Trinajstić information content (AvgIpc) is 2.68. The molecular formula is C14H9N3OS. The Morgan fingerprint density at radius 2 is 1.89 bits per heavy atom. The molecule has 0 amide bonds. The molecule has 1 aliphatic rings. The maximum Gasteiger partial charge on any atom is 0.306 e. The second kappa shape index (κ2) is 3.80. The minimum Gasteiger partial charge on any atom is -0.339 e. The van der Waals surface area contributed by atoms with Gasteiger partial charge in [0.1, 0.15) is 5.82 Å². The summed E-state index contributed by atoms with van der Waals surface area (Å²) >= 11 is 1.16. The molecule has 2 aromatic carbocycles. The predicted octanol–water partition coefficient (Wildman–Crippen LogP) is 3.40. The molecule has 0 fully saturated rings.